The van der Waals surface area contributed by atoms with Crippen LogP contribution in [0.2, 0.25) is 0 Å². The van der Waals surface area contributed by atoms with Crippen molar-refractivity contribution in [1.82, 2.24) is 4.31 Å². The second-order valence-corrected chi connectivity index (χ2v) is 9.03. The van der Waals surface area contributed by atoms with Crippen LogP contribution in [0.3, 0.4) is 0 Å². The molecule has 3 rings (SSSR count). The van der Waals surface area contributed by atoms with E-state index in [-0.39, 0.29) is 10.8 Å². The average Bonchev–Trinajstić information content (AvgIpc) is 2.63. The van der Waals surface area contributed by atoms with Crippen LogP contribution < -0.4 is 5.32 Å². The summed E-state index contributed by atoms with van der Waals surface area (Å²) in [6.45, 7) is 1.11. The Morgan fingerprint density at radius 2 is 1.72 bits per heavy atom. The van der Waals surface area contributed by atoms with Crippen LogP contribution in [0.25, 0.3) is 0 Å². The van der Waals surface area contributed by atoms with Gasteiger partial charge in [-0.1, -0.05) is 24.6 Å². The lowest BCUT2D eigenvalue weighted by atomic mass is 10.2. The van der Waals surface area contributed by atoms with E-state index in [4.69, 9.17) is 0 Å². The Balaban J connectivity index is 1.82. The second kappa shape index (κ2) is 7.84. The fraction of sp³-hybridized carbons (Fsp3) is 0.278. The lowest BCUT2D eigenvalue weighted by Gasteiger charge is -2.26. The van der Waals surface area contributed by atoms with Crippen LogP contribution in [0.15, 0.2) is 53.4 Å². The third-order valence-electron chi connectivity index (χ3n) is 4.16. The van der Waals surface area contributed by atoms with Gasteiger partial charge in [-0.2, -0.15) is 4.31 Å². The van der Waals surface area contributed by atoms with Crippen molar-refractivity contribution in [2.24, 2.45) is 0 Å². The van der Waals surface area contributed by atoms with E-state index in [2.05, 4.69) is 27.9 Å². The summed E-state index contributed by atoms with van der Waals surface area (Å²) in [5, 5.41) is 2.79. The molecule has 0 saturated carbocycles. The Bertz CT molecular complexity index is 877. The van der Waals surface area contributed by atoms with Crippen LogP contribution in [-0.2, 0) is 10.0 Å². The number of rotatable bonds is 4. The van der Waals surface area contributed by atoms with Crippen molar-refractivity contribution < 1.29 is 13.2 Å². The zero-order chi connectivity index (χ0) is 17.9. The molecule has 2 aromatic carbocycles. The van der Waals surface area contributed by atoms with E-state index in [0.29, 0.717) is 24.3 Å². The summed E-state index contributed by atoms with van der Waals surface area (Å²) in [6, 6.07) is 13.7. The molecule has 25 heavy (non-hydrogen) atoms. The van der Waals surface area contributed by atoms with Gasteiger partial charge in [0.1, 0.15) is 0 Å². The summed E-state index contributed by atoms with van der Waals surface area (Å²) in [5.41, 5.74) is 1.04. The van der Waals surface area contributed by atoms with Crippen molar-refractivity contribution in [3.05, 3.63) is 57.7 Å². The molecule has 0 radical (unpaired) electrons. The van der Waals surface area contributed by atoms with Crippen molar-refractivity contribution in [2.45, 2.75) is 24.2 Å². The maximum atomic E-state index is 12.8. The van der Waals surface area contributed by atoms with Crippen LogP contribution >= 0.6 is 22.6 Å². The van der Waals surface area contributed by atoms with Crippen LogP contribution in [-0.4, -0.2) is 31.7 Å². The Hall–Kier alpha value is -1.45. The van der Waals surface area contributed by atoms with Crippen molar-refractivity contribution in [1.29, 1.82) is 0 Å². The van der Waals surface area contributed by atoms with Gasteiger partial charge in [-0.15, -0.1) is 0 Å². The zero-order valence-electron chi connectivity index (χ0n) is 13.6. The Morgan fingerprint density at radius 1 is 1.00 bits per heavy atom. The third-order valence-corrected chi connectivity index (χ3v) is 7.00. The molecule has 1 N–H and O–H groups in total. The van der Waals surface area contributed by atoms with Crippen molar-refractivity contribution in [2.75, 3.05) is 18.4 Å². The van der Waals surface area contributed by atoms with Crippen molar-refractivity contribution in [3.63, 3.8) is 0 Å². The predicted molar refractivity (Wildman–Crippen MR) is 106 cm³/mol. The Labute approximate surface area is 161 Å². The standard InChI is InChI=1S/C18H19IN2O3S/c19-17-10-3-2-9-16(17)18(22)20-14-7-6-8-15(13-14)25(23,24)21-11-4-1-5-12-21/h2-3,6-10,13H,1,4-5,11-12H2,(H,20,22). The first-order valence-corrected chi connectivity index (χ1v) is 10.7. The first kappa shape index (κ1) is 18.3. The molecule has 1 saturated heterocycles. The number of nitrogens with zero attached hydrogens (tertiary/aromatic N) is 1. The Morgan fingerprint density at radius 3 is 2.44 bits per heavy atom. The number of amides is 1. The highest BCUT2D eigenvalue weighted by molar-refractivity contribution is 14.1. The molecule has 0 aromatic heterocycles. The number of sulfonamides is 1. The number of nitrogens with one attached hydrogen (secondary N) is 1. The SMILES string of the molecule is O=C(Nc1cccc(S(=O)(=O)N2CCCCC2)c1)c1ccccc1I. The monoisotopic (exact) mass is 470 g/mol. The summed E-state index contributed by atoms with van der Waals surface area (Å²) < 4.78 is 27.9. The summed E-state index contributed by atoms with van der Waals surface area (Å²) in [6.07, 6.45) is 2.85. The van der Waals surface area contributed by atoms with Gasteiger partial charge in [0.15, 0.2) is 0 Å². The molecule has 1 aliphatic rings. The zero-order valence-corrected chi connectivity index (χ0v) is 16.6. The fourth-order valence-corrected chi connectivity index (χ4v) is 5.03. The number of carbonyl (C=O) groups is 1. The predicted octanol–water partition coefficient (Wildman–Crippen LogP) is 3.72. The number of hydrogen-bond donors (Lipinski definition) is 1. The highest BCUT2D eigenvalue weighted by Gasteiger charge is 2.26. The molecule has 132 valence electrons. The molecule has 7 heteroatoms. The van der Waals surface area contributed by atoms with Gasteiger partial charge < -0.3 is 5.32 Å². The molecular formula is C18H19IN2O3S. The summed E-state index contributed by atoms with van der Waals surface area (Å²) in [5.74, 6) is -0.252. The summed E-state index contributed by atoms with van der Waals surface area (Å²) >= 11 is 2.10. The number of benzene rings is 2. The van der Waals surface area contributed by atoms with Gasteiger partial charge in [-0.25, -0.2) is 8.42 Å². The maximum Gasteiger partial charge on any atom is 0.256 e. The van der Waals surface area contributed by atoms with Crippen molar-refractivity contribution in [3.8, 4) is 0 Å². The van der Waals surface area contributed by atoms with Gasteiger partial charge in [0.2, 0.25) is 10.0 Å². The molecule has 0 aliphatic carbocycles. The largest absolute Gasteiger partial charge is 0.322 e. The van der Waals surface area contributed by atoms with E-state index in [1.165, 1.54) is 10.4 Å². The van der Waals surface area contributed by atoms with Crippen molar-refractivity contribution >= 4 is 44.2 Å². The van der Waals surface area contributed by atoms with Crippen LogP contribution in [0.4, 0.5) is 5.69 Å². The molecule has 0 unspecified atom stereocenters. The smallest absolute Gasteiger partial charge is 0.256 e. The minimum Gasteiger partial charge on any atom is -0.322 e. The highest BCUT2D eigenvalue weighted by Crippen LogP contribution is 2.23. The number of piperidine rings is 1. The lowest BCUT2D eigenvalue weighted by Crippen LogP contribution is -2.35. The van der Waals surface area contributed by atoms with E-state index < -0.39 is 10.0 Å². The molecule has 1 aliphatic heterocycles. The molecule has 1 amide bonds. The van der Waals surface area contributed by atoms with Gasteiger partial charge in [0, 0.05) is 22.3 Å². The van der Waals surface area contributed by atoms with Gasteiger partial charge in [0.25, 0.3) is 5.91 Å². The molecule has 0 bridgehead atoms. The second-order valence-electron chi connectivity index (χ2n) is 5.93. The fourth-order valence-electron chi connectivity index (χ4n) is 2.83. The van der Waals surface area contributed by atoms with E-state index in [0.717, 1.165) is 22.8 Å². The van der Waals surface area contributed by atoms with Crippen LogP contribution in [0, 0.1) is 3.57 Å². The molecule has 1 fully saturated rings. The molecular weight excluding hydrogens is 451 g/mol. The number of halogens is 1. The topological polar surface area (TPSA) is 66.5 Å². The summed E-state index contributed by atoms with van der Waals surface area (Å²) in [7, 11) is -3.51. The average molecular weight is 470 g/mol. The van der Waals surface area contributed by atoms with E-state index in [1.54, 1.807) is 30.3 Å². The number of anilines is 1. The normalized spacial score (nSPS) is 15.7. The minimum absolute atomic E-state index is 0.218. The van der Waals surface area contributed by atoms with Crippen LogP contribution in [0.1, 0.15) is 29.6 Å². The highest BCUT2D eigenvalue weighted by atomic mass is 127. The summed E-state index contributed by atoms with van der Waals surface area (Å²) in [4.78, 5) is 12.6. The van der Waals surface area contributed by atoms with E-state index in [9.17, 15) is 13.2 Å². The number of hydrogen-bond acceptors (Lipinski definition) is 3. The molecule has 0 spiro atoms. The van der Waals surface area contributed by atoms with Gasteiger partial charge >= 0.3 is 0 Å². The van der Waals surface area contributed by atoms with Gasteiger partial charge in [-0.05, 0) is 65.8 Å². The minimum atomic E-state index is -3.51. The molecule has 2 aromatic rings. The van der Waals surface area contributed by atoms with Gasteiger partial charge in [0.05, 0.1) is 10.5 Å². The molecule has 5 nitrogen and oxygen atoms in total. The van der Waals surface area contributed by atoms with E-state index in [1.807, 2.05) is 12.1 Å². The number of carbonyl (C=O) groups excluding carboxylic acids is 1. The first-order valence-electron chi connectivity index (χ1n) is 8.14. The van der Waals surface area contributed by atoms with Crippen LogP contribution in [0.5, 0.6) is 0 Å². The maximum absolute atomic E-state index is 12.8. The Kier molecular flexibility index (Phi) is 5.75. The molecule has 1 heterocycles. The van der Waals surface area contributed by atoms with E-state index >= 15 is 0 Å². The third kappa shape index (κ3) is 4.21. The molecule has 0 atom stereocenters. The first-order chi connectivity index (χ1) is 12.0. The lowest BCUT2D eigenvalue weighted by molar-refractivity contribution is 0.102. The van der Waals surface area contributed by atoms with Gasteiger partial charge in [-0.3, -0.25) is 4.79 Å². The quantitative estimate of drug-likeness (QED) is 0.693.